The second-order valence-corrected chi connectivity index (χ2v) is 7.11. The van der Waals surface area contributed by atoms with E-state index in [4.69, 9.17) is 9.47 Å². The zero-order valence-electron chi connectivity index (χ0n) is 16.8. The van der Waals surface area contributed by atoms with Crippen molar-refractivity contribution < 1.29 is 14.3 Å². The summed E-state index contributed by atoms with van der Waals surface area (Å²) in [6, 6.07) is 7.19. The first-order valence-electron chi connectivity index (χ1n) is 9.61. The first kappa shape index (κ1) is 19.0. The first-order valence-corrected chi connectivity index (χ1v) is 9.61. The van der Waals surface area contributed by atoms with Crippen LogP contribution in [0, 0.1) is 6.92 Å². The number of pyridine rings is 1. The lowest BCUT2D eigenvalue weighted by atomic mass is 9.98. The molecule has 1 aromatic carbocycles. The molecule has 0 bridgehead atoms. The first-order chi connectivity index (χ1) is 14.1. The Balaban J connectivity index is 1.69. The summed E-state index contributed by atoms with van der Waals surface area (Å²) >= 11 is 0. The third-order valence-corrected chi connectivity index (χ3v) is 5.47. The third-order valence-electron chi connectivity index (χ3n) is 5.47. The molecule has 1 N–H and O–H groups in total. The van der Waals surface area contributed by atoms with E-state index in [2.05, 4.69) is 15.2 Å². The molecular formula is C22H24N4O3. The zero-order chi connectivity index (χ0) is 20.4. The number of aromatic amines is 1. The molecular weight excluding hydrogens is 368 g/mol. The van der Waals surface area contributed by atoms with Crippen LogP contribution in [-0.2, 0) is 0 Å². The number of aromatic nitrogens is 3. The van der Waals surface area contributed by atoms with Gasteiger partial charge >= 0.3 is 0 Å². The highest BCUT2D eigenvalue weighted by Crippen LogP contribution is 2.39. The molecule has 4 rings (SSSR count). The fourth-order valence-corrected chi connectivity index (χ4v) is 3.98. The standard InChI is InChI=1S/C22H24N4O3/c1-14-12-23-9-8-16(14)18-13-24-25-21(18)19-5-4-10-26(19)22(27)17-7-6-15(28-2)11-20(17)29-3/h6-9,11-13,19H,4-5,10H2,1-3H3,(H,24,25)/t19-/m1/s1. The maximum Gasteiger partial charge on any atom is 0.258 e. The van der Waals surface area contributed by atoms with Crippen molar-refractivity contribution in [3.05, 3.63) is 59.7 Å². The third kappa shape index (κ3) is 3.44. The minimum absolute atomic E-state index is 0.0565. The van der Waals surface area contributed by atoms with E-state index in [0.29, 0.717) is 23.6 Å². The molecule has 1 saturated heterocycles. The van der Waals surface area contributed by atoms with Crippen LogP contribution in [0.25, 0.3) is 11.1 Å². The molecule has 0 radical (unpaired) electrons. The van der Waals surface area contributed by atoms with Gasteiger partial charge in [-0.3, -0.25) is 14.9 Å². The number of methoxy groups -OCH3 is 2. The molecule has 7 nitrogen and oxygen atoms in total. The predicted molar refractivity (Wildman–Crippen MR) is 109 cm³/mol. The highest BCUT2D eigenvalue weighted by atomic mass is 16.5. The molecule has 0 unspecified atom stereocenters. The van der Waals surface area contributed by atoms with Gasteiger partial charge in [0.25, 0.3) is 5.91 Å². The number of carbonyl (C=O) groups is 1. The number of ether oxygens (including phenoxy) is 2. The lowest BCUT2D eigenvalue weighted by Crippen LogP contribution is -2.31. The second kappa shape index (κ2) is 7.95. The molecule has 0 saturated carbocycles. The number of nitrogens with zero attached hydrogens (tertiary/aromatic N) is 3. The Hall–Kier alpha value is -3.35. The molecule has 0 aliphatic carbocycles. The summed E-state index contributed by atoms with van der Waals surface area (Å²) < 4.78 is 10.7. The van der Waals surface area contributed by atoms with E-state index >= 15 is 0 Å². The fourth-order valence-electron chi connectivity index (χ4n) is 3.98. The largest absolute Gasteiger partial charge is 0.497 e. The number of hydrogen-bond donors (Lipinski definition) is 1. The second-order valence-electron chi connectivity index (χ2n) is 7.11. The number of benzene rings is 1. The van der Waals surface area contributed by atoms with Gasteiger partial charge in [0.2, 0.25) is 0 Å². The Morgan fingerprint density at radius 3 is 2.79 bits per heavy atom. The van der Waals surface area contributed by atoms with Crippen LogP contribution < -0.4 is 9.47 Å². The monoisotopic (exact) mass is 392 g/mol. The van der Waals surface area contributed by atoms with Gasteiger partial charge in [0.1, 0.15) is 11.5 Å². The highest BCUT2D eigenvalue weighted by molar-refractivity contribution is 5.97. The van der Waals surface area contributed by atoms with E-state index < -0.39 is 0 Å². The van der Waals surface area contributed by atoms with Crippen LogP contribution in [0.4, 0.5) is 0 Å². The van der Waals surface area contributed by atoms with E-state index in [1.54, 1.807) is 38.6 Å². The van der Waals surface area contributed by atoms with Crippen LogP contribution in [0.2, 0.25) is 0 Å². The Morgan fingerprint density at radius 1 is 1.17 bits per heavy atom. The molecule has 3 aromatic rings. The van der Waals surface area contributed by atoms with Crippen molar-refractivity contribution in [2.75, 3.05) is 20.8 Å². The van der Waals surface area contributed by atoms with Gasteiger partial charge in [-0.1, -0.05) is 0 Å². The van der Waals surface area contributed by atoms with Crippen molar-refractivity contribution >= 4 is 5.91 Å². The van der Waals surface area contributed by atoms with Crippen molar-refractivity contribution in [3.8, 4) is 22.6 Å². The van der Waals surface area contributed by atoms with Gasteiger partial charge in [0, 0.05) is 30.6 Å². The van der Waals surface area contributed by atoms with Crippen molar-refractivity contribution in [2.24, 2.45) is 0 Å². The van der Waals surface area contributed by atoms with Crippen LogP contribution >= 0.6 is 0 Å². The lowest BCUT2D eigenvalue weighted by molar-refractivity contribution is 0.0730. The summed E-state index contributed by atoms with van der Waals surface area (Å²) in [5.74, 6) is 1.11. The molecule has 1 fully saturated rings. The minimum atomic E-state index is -0.0700. The number of H-pyrrole nitrogens is 1. The van der Waals surface area contributed by atoms with Crippen LogP contribution in [-0.4, -0.2) is 46.8 Å². The maximum absolute atomic E-state index is 13.4. The Labute approximate surface area is 169 Å². The topological polar surface area (TPSA) is 80.3 Å². The van der Waals surface area contributed by atoms with Crippen LogP contribution in [0.1, 0.15) is 40.5 Å². The van der Waals surface area contributed by atoms with E-state index in [9.17, 15) is 4.79 Å². The fraction of sp³-hybridized carbons (Fsp3) is 0.318. The molecule has 1 aliphatic rings. The molecule has 2 aromatic heterocycles. The van der Waals surface area contributed by atoms with Gasteiger partial charge in [-0.2, -0.15) is 5.10 Å². The average molecular weight is 392 g/mol. The number of carbonyl (C=O) groups excluding carboxylic acids is 1. The Kier molecular flexibility index (Phi) is 5.20. The minimum Gasteiger partial charge on any atom is -0.497 e. The highest BCUT2D eigenvalue weighted by Gasteiger charge is 2.34. The summed E-state index contributed by atoms with van der Waals surface area (Å²) in [6.07, 6.45) is 7.25. The molecule has 7 heteroatoms. The number of amides is 1. The van der Waals surface area contributed by atoms with Crippen molar-refractivity contribution in [1.82, 2.24) is 20.1 Å². The molecule has 1 amide bonds. The molecule has 0 spiro atoms. The van der Waals surface area contributed by atoms with E-state index in [1.807, 2.05) is 30.3 Å². The number of rotatable bonds is 5. The summed E-state index contributed by atoms with van der Waals surface area (Å²) in [5, 5.41) is 7.42. The Morgan fingerprint density at radius 2 is 2.03 bits per heavy atom. The smallest absolute Gasteiger partial charge is 0.258 e. The summed E-state index contributed by atoms with van der Waals surface area (Å²) in [5.41, 5.74) is 4.64. The Bertz CT molecular complexity index is 1030. The molecule has 29 heavy (non-hydrogen) atoms. The summed E-state index contributed by atoms with van der Waals surface area (Å²) in [4.78, 5) is 19.5. The SMILES string of the molecule is COc1ccc(C(=O)N2CCC[C@@H]2c2[nH]ncc2-c2ccncc2C)c(OC)c1. The number of likely N-dealkylation sites (tertiary alicyclic amines) is 1. The number of aryl methyl sites for hydroxylation is 1. The lowest BCUT2D eigenvalue weighted by Gasteiger charge is -2.26. The predicted octanol–water partition coefficient (Wildman–Crippen LogP) is 3.77. The summed E-state index contributed by atoms with van der Waals surface area (Å²) in [6.45, 7) is 2.71. The van der Waals surface area contributed by atoms with Crippen molar-refractivity contribution in [3.63, 3.8) is 0 Å². The van der Waals surface area contributed by atoms with Crippen molar-refractivity contribution in [1.29, 1.82) is 0 Å². The maximum atomic E-state index is 13.4. The molecule has 150 valence electrons. The van der Waals surface area contributed by atoms with Crippen molar-refractivity contribution in [2.45, 2.75) is 25.8 Å². The van der Waals surface area contributed by atoms with Gasteiger partial charge in [-0.25, -0.2) is 0 Å². The molecule has 1 aliphatic heterocycles. The van der Waals surface area contributed by atoms with E-state index in [0.717, 1.165) is 35.2 Å². The van der Waals surface area contributed by atoms with E-state index in [-0.39, 0.29) is 11.9 Å². The quantitative estimate of drug-likeness (QED) is 0.715. The van der Waals surface area contributed by atoms with Gasteiger partial charge in [0.05, 0.1) is 37.7 Å². The number of hydrogen-bond acceptors (Lipinski definition) is 5. The zero-order valence-corrected chi connectivity index (χ0v) is 16.8. The van der Waals surface area contributed by atoms with Crippen LogP contribution in [0.15, 0.2) is 42.9 Å². The van der Waals surface area contributed by atoms with Crippen LogP contribution in [0.5, 0.6) is 11.5 Å². The average Bonchev–Trinajstić information content (AvgIpc) is 3.42. The van der Waals surface area contributed by atoms with Gasteiger partial charge in [-0.05, 0) is 49.1 Å². The van der Waals surface area contributed by atoms with E-state index in [1.165, 1.54) is 0 Å². The van der Waals surface area contributed by atoms with Gasteiger partial charge in [0.15, 0.2) is 0 Å². The van der Waals surface area contributed by atoms with Gasteiger partial charge in [-0.15, -0.1) is 0 Å². The number of nitrogens with one attached hydrogen (secondary N) is 1. The molecule has 1 atom stereocenters. The normalized spacial score (nSPS) is 16.1. The molecule has 3 heterocycles. The van der Waals surface area contributed by atoms with Gasteiger partial charge < -0.3 is 14.4 Å². The van der Waals surface area contributed by atoms with Crippen LogP contribution in [0.3, 0.4) is 0 Å². The summed E-state index contributed by atoms with van der Waals surface area (Å²) in [7, 11) is 3.15.